The van der Waals surface area contributed by atoms with Crippen molar-refractivity contribution in [2.24, 2.45) is 7.05 Å². The number of para-hydroxylation sites is 1. The number of aryl methyl sites for hydroxylation is 1. The zero-order valence-corrected chi connectivity index (χ0v) is 18.9. The van der Waals surface area contributed by atoms with Crippen molar-refractivity contribution >= 4 is 23.0 Å². The second kappa shape index (κ2) is 10.6. The lowest BCUT2D eigenvalue weighted by Crippen LogP contribution is -2.43. The molecule has 1 amide bonds. The second-order valence-corrected chi connectivity index (χ2v) is 7.58. The number of nitrogens with zero attached hydrogens (tertiary/aromatic N) is 2. The van der Waals surface area contributed by atoms with Crippen LogP contribution in [0, 0.1) is 0 Å². The van der Waals surface area contributed by atoms with Crippen LogP contribution >= 0.6 is 0 Å². The maximum Gasteiger partial charge on any atom is 0.407 e. The van der Waals surface area contributed by atoms with E-state index < -0.39 is 29.4 Å². The molecule has 2 aromatic carbocycles. The molecule has 0 fully saturated rings. The Morgan fingerprint density at radius 2 is 1.76 bits per heavy atom. The molecule has 0 bridgehead atoms. The lowest BCUT2D eigenvalue weighted by atomic mass is 10.1. The molecule has 0 saturated heterocycles. The van der Waals surface area contributed by atoms with Crippen molar-refractivity contribution in [1.82, 2.24) is 14.5 Å². The van der Waals surface area contributed by atoms with E-state index in [1.54, 1.807) is 55.6 Å². The largest absolute Gasteiger partial charge is 0.467 e. The molecule has 9 nitrogen and oxygen atoms in total. The summed E-state index contributed by atoms with van der Waals surface area (Å²) in [5, 5.41) is 2.95. The fourth-order valence-electron chi connectivity index (χ4n) is 3.48. The van der Waals surface area contributed by atoms with E-state index >= 15 is 0 Å². The molecule has 0 spiro atoms. The van der Waals surface area contributed by atoms with Gasteiger partial charge in [0.2, 0.25) is 0 Å². The van der Waals surface area contributed by atoms with E-state index in [4.69, 9.17) is 9.47 Å². The molecule has 0 radical (unpaired) electrons. The van der Waals surface area contributed by atoms with Crippen molar-refractivity contribution in [3.05, 3.63) is 74.9 Å². The van der Waals surface area contributed by atoms with E-state index in [0.29, 0.717) is 22.2 Å². The third kappa shape index (κ3) is 5.31. The summed E-state index contributed by atoms with van der Waals surface area (Å²) in [7, 11) is 2.85. The standard InChI is InChI=1S/C24H27N3O6/c1-4-5-14-33-23(30)25-19(22(29)32-3)15-16-10-12-17(13-11-16)27-21(28)18-8-6-7-9-20(18)26(2)24(27)31/h6-13,19H,4-5,14-15H2,1-3H3,(H,25,30). The minimum absolute atomic E-state index is 0.153. The number of carbonyl (C=O) groups excluding carboxylic acids is 2. The average Bonchev–Trinajstić information content (AvgIpc) is 2.83. The fraction of sp³-hybridized carbons (Fsp3) is 0.333. The van der Waals surface area contributed by atoms with Crippen LogP contribution in [0.4, 0.5) is 4.79 Å². The first kappa shape index (κ1) is 23.8. The summed E-state index contributed by atoms with van der Waals surface area (Å²) in [6, 6.07) is 12.6. The van der Waals surface area contributed by atoms with Crippen molar-refractivity contribution in [2.45, 2.75) is 32.2 Å². The van der Waals surface area contributed by atoms with E-state index in [1.807, 2.05) is 6.92 Å². The number of rotatable bonds is 8. The van der Waals surface area contributed by atoms with Gasteiger partial charge in [-0.1, -0.05) is 37.6 Å². The number of nitrogens with one attached hydrogen (secondary N) is 1. The molecular weight excluding hydrogens is 426 g/mol. The molecule has 9 heteroatoms. The number of methoxy groups -OCH3 is 1. The number of unbranched alkanes of at least 4 members (excludes halogenated alkanes) is 1. The first-order valence-electron chi connectivity index (χ1n) is 10.7. The summed E-state index contributed by atoms with van der Waals surface area (Å²) < 4.78 is 12.4. The van der Waals surface area contributed by atoms with Crippen LogP contribution in [0.15, 0.2) is 58.1 Å². The Kier molecular flexibility index (Phi) is 7.66. The van der Waals surface area contributed by atoms with E-state index in [0.717, 1.165) is 17.4 Å². The zero-order valence-electron chi connectivity index (χ0n) is 18.9. The van der Waals surface area contributed by atoms with E-state index in [9.17, 15) is 19.2 Å². The number of fused-ring (bicyclic) bond motifs is 1. The van der Waals surface area contributed by atoms with Crippen LogP contribution in [-0.2, 0) is 27.7 Å². The number of aromatic nitrogens is 2. The number of amides is 1. The molecule has 0 saturated carbocycles. The van der Waals surface area contributed by atoms with Gasteiger partial charge in [0.25, 0.3) is 5.56 Å². The Bertz CT molecular complexity index is 1260. The molecule has 1 aromatic heterocycles. The Labute approximate surface area is 190 Å². The van der Waals surface area contributed by atoms with Crippen LogP contribution in [0.2, 0.25) is 0 Å². The normalized spacial score (nSPS) is 11.7. The summed E-state index contributed by atoms with van der Waals surface area (Å²) in [6.45, 7) is 2.24. The van der Waals surface area contributed by atoms with Crippen LogP contribution in [0.5, 0.6) is 0 Å². The SMILES string of the molecule is CCCCOC(=O)NC(Cc1ccc(-n2c(=O)c3ccccc3n(C)c2=O)cc1)C(=O)OC. The summed E-state index contributed by atoms with van der Waals surface area (Å²) >= 11 is 0. The number of hydrogen-bond acceptors (Lipinski definition) is 6. The van der Waals surface area contributed by atoms with Crippen LogP contribution in [0.1, 0.15) is 25.3 Å². The Balaban J connectivity index is 1.85. The predicted molar refractivity (Wildman–Crippen MR) is 124 cm³/mol. The Morgan fingerprint density at radius 1 is 1.06 bits per heavy atom. The van der Waals surface area contributed by atoms with Gasteiger partial charge < -0.3 is 14.8 Å². The summed E-state index contributed by atoms with van der Waals surface area (Å²) in [4.78, 5) is 49.9. The van der Waals surface area contributed by atoms with Gasteiger partial charge in [0.05, 0.1) is 30.3 Å². The molecule has 0 aliphatic carbocycles. The van der Waals surface area contributed by atoms with Gasteiger partial charge in [-0.15, -0.1) is 0 Å². The smallest absolute Gasteiger partial charge is 0.407 e. The molecule has 0 aliphatic rings. The Morgan fingerprint density at radius 3 is 2.42 bits per heavy atom. The van der Waals surface area contributed by atoms with E-state index in [1.165, 1.54) is 11.7 Å². The lowest BCUT2D eigenvalue weighted by Gasteiger charge is -2.17. The number of ether oxygens (including phenoxy) is 2. The molecule has 1 unspecified atom stereocenters. The van der Waals surface area contributed by atoms with Crippen molar-refractivity contribution in [1.29, 1.82) is 0 Å². The number of hydrogen-bond donors (Lipinski definition) is 1. The Hall–Kier alpha value is -3.88. The lowest BCUT2D eigenvalue weighted by molar-refractivity contribution is -0.142. The van der Waals surface area contributed by atoms with E-state index in [2.05, 4.69) is 5.32 Å². The van der Waals surface area contributed by atoms with Gasteiger partial charge in [-0.2, -0.15) is 0 Å². The van der Waals surface area contributed by atoms with Crippen LogP contribution in [-0.4, -0.2) is 41.0 Å². The molecule has 174 valence electrons. The van der Waals surface area contributed by atoms with Crippen molar-refractivity contribution in [3.8, 4) is 5.69 Å². The second-order valence-electron chi connectivity index (χ2n) is 7.58. The number of alkyl carbamates (subject to hydrolysis) is 1. The highest BCUT2D eigenvalue weighted by molar-refractivity contribution is 5.81. The highest BCUT2D eigenvalue weighted by Gasteiger charge is 2.23. The number of esters is 1. The molecule has 1 heterocycles. The molecule has 3 rings (SSSR count). The van der Waals surface area contributed by atoms with Gasteiger partial charge >= 0.3 is 17.8 Å². The van der Waals surface area contributed by atoms with Gasteiger partial charge in [-0.05, 0) is 36.2 Å². The average molecular weight is 453 g/mol. The van der Waals surface area contributed by atoms with Crippen molar-refractivity contribution in [2.75, 3.05) is 13.7 Å². The van der Waals surface area contributed by atoms with Crippen LogP contribution in [0.25, 0.3) is 16.6 Å². The van der Waals surface area contributed by atoms with Gasteiger partial charge in [-0.25, -0.2) is 19.0 Å². The number of carbonyl (C=O) groups is 2. The quantitative estimate of drug-likeness (QED) is 0.414. The van der Waals surface area contributed by atoms with Gasteiger partial charge in [0.1, 0.15) is 6.04 Å². The molecule has 3 aromatic rings. The highest BCUT2D eigenvalue weighted by atomic mass is 16.6. The predicted octanol–water partition coefficient (Wildman–Crippen LogP) is 2.30. The van der Waals surface area contributed by atoms with Gasteiger partial charge in [-0.3, -0.25) is 9.36 Å². The van der Waals surface area contributed by atoms with Crippen LogP contribution in [0.3, 0.4) is 0 Å². The van der Waals surface area contributed by atoms with Gasteiger partial charge in [0.15, 0.2) is 0 Å². The maximum atomic E-state index is 12.9. The maximum absolute atomic E-state index is 12.9. The van der Waals surface area contributed by atoms with Crippen LogP contribution < -0.4 is 16.6 Å². The fourth-order valence-corrected chi connectivity index (χ4v) is 3.48. The molecule has 1 N–H and O–H groups in total. The monoisotopic (exact) mass is 453 g/mol. The summed E-state index contributed by atoms with van der Waals surface area (Å²) in [6.07, 6.45) is 1.07. The van der Waals surface area contributed by atoms with E-state index in [-0.39, 0.29) is 13.0 Å². The van der Waals surface area contributed by atoms with Crippen molar-refractivity contribution < 1.29 is 19.1 Å². The molecular formula is C24H27N3O6. The number of benzene rings is 2. The third-order valence-corrected chi connectivity index (χ3v) is 5.32. The minimum atomic E-state index is -0.939. The molecule has 0 aliphatic heterocycles. The topological polar surface area (TPSA) is 109 Å². The van der Waals surface area contributed by atoms with Crippen molar-refractivity contribution in [3.63, 3.8) is 0 Å². The molecule has 33 heavy (non-hydrogen) atoms. The summed E-state index contributed by atoms with van der Waals surface area (Å²) in [5.41, 5.74) is 0.782. The third-order valence-electron chi connectivity index (χ3n) is 5.32. The zero-order chi connectivity index (χ0) is 24.0. The first-order valence-corrected chi connectivity index (χ1v) is 10.7. The first-order chi connectivity index (χ1) is 15.9. The highest BCUT2D eigenvalue weighted by Crippen LogP contribution is 2.12. The summed E-state index contributed by atoms with van der Waals surface area (Å²) in [5.74, 6) is -0.605. The van der Waals surface area contributed by atoms with Gasteiger partial charge in [0, 0.05) is 13.5 Å². The molecule has 1 atom stereocenters. The minimum Gasteiger partial charge on any atom is -0.467 e.